The maximum absolute atomic E-state index is 12.2. The summed E-state index contributed by atoms with van der Waals surface area (Å²) in [4.78, 5) is 14.0. The van der Waals surface area contributed by atoms with Crippen LogP contribution in [0.1, 0.15) is 79.1 Å². The van der Waals surface area contributed by atoms with Gasteiger partial charge in [-0.15, -0.1) is 0 Å². The summed E-state index contributed by atoms with van der Waals surface area (Å²) in [6.45, 7) is 8.15. The molecule has 2 aliphatic rings. The lowest BCUT2D eigenvalue weighted by atomic mass is 9.83. The van der Waals surface area contributed by atoms with Crippen molar-refractivity contribution in [2.75, 3.05) is 7.05 Å². The molecule has 2 fully saturated rings. The van der Waals surface area contributed by atoms with Crippen LogP contribution in [0.5, 0.6) is 0 Å². The van der Waals surface area contributed by atoms with Gasteiger partial charge in [0, 0.05) is 25.2 Å². The number of rotatable bonds is 3. The molecule has 23 heavy (non-hydrogen) atoms. The molecule has 2 unspecified atom stereocenters. The van der Waals surface area contributed by atoms with Gasteiger partial charge in [0.2, 0.25) is 0 Å². The largest absolute Gasteiger partial charge is 0.444 e. The molecule has 0 aliphatic heterocycles. The van der Waals surface area contributed by atoms with Gasteiger partial charge >= 0.3 is 6.09 Å². The van der Waals surface area contributed by atoms with Gasteiger partial charge in [-0.2, -0.15) is 0 Å². The standard InChI is InChI=1S/C19H36N2O2/c1-14-8-6-7-9-17(14)20-15-10-12-16(13-11-15)21(5)18(22)23-19(2,3)4/h14-17,20H,6-13H2,1-5H3. The lowest BCUT2D eigenvalue weighted by Crippen LogP contribution is -2.48. The average molecular weight is 325 g/mol. The third-order valence-electron chi connectivity index (χ3n) is 5.49. The minimum atomic E-state index is -0.415. The Morgan fingerprint density at radius 2 is 1.65 bits per heavy atom. The second kappa shape index (κ2) is 7.87. The number of nitrogens with zero attached hydrogens (tertiary/aromatic N) is 1. The predicted molar refractivity (Wildman–Crippen MR) is 94.6 cm³/mol. The minimum Gasteiger partial charge on any atom is -0.444 e. The highest BCUT2D eigenvalue weighted by atomic mass is 16.6. The Hall–Kier alpha value is -0.770. The quantitative estimate of drug-likeness (QED) is 0.840. The number of hydrogen-bond acceptors (Lipinski definition) is 3. The van der Waals surface area contributed by atoms with E-state index in [-0.39, 0.29) is 6.09 Å². The Balaban J connectivity index is 1.75. The van der Waals surface area contributed by atoms with Gasteiger partial charge in [0.15, 0.2) is 0 Å². The first kappa shape index (κ1) is 18.6. The Kier molecular flexibility index (Phi) is 6.35. The van der Waals surface area contributed by atoms with E-state index in [1.807, 2.05) is 32.7 Å². The molecule has 4 nitrogen and oxygen atoms in total. The molecule has 0 spiro atoms. The van der Waals surface area contributed by atoms with Crippen LogP contribution in [0.15, 0.2) is 0 Å². The summed E-state index contributed by atoms with van der Waals surface area (Å²) in [6.07, 6.45) is 9.78. The van der Waals surface area contributed by atoms with Crippen molar-refractivity contribution in [1.29, 1.82) is 0 Å². The summed E-state index contributed by atoms with van der Waals surface area (Å²) in [6, 6.07) is 1.66. The van der Waals surface area contributed by atoms with Crippen molar-refractivity contribution in [2.24, 2.45) is 5.92 Å². The van der Waals surface area contributed by atoms with E-state index >= 15 is 0 Å². The van der Waals surface area contributed by atoms with Gasteiger partial charge in [0.1, 0.15) is 5.60 Å². The zero-order chi connectivity index (χ0) is 17.0. The van der Waals surface area contributed by atoms with Gasteiger partial charge in [-0.25, -0.2) is 4.79 Å². The monoisotopic (exact) mass is 324 g/mol. The molecular weight excluding hydrogens is 288 g/mol. The number of carbonyl (C=O) groups excluding carboxylic acids is 1. The fraction of sp³-hybridized carbons (Fsp3) is 0.947. The molecule has 0 bridgehead atoms. The minimum absolute atomic E-state index is 0.185. The van der Waals surface area contributed by atoms with Crippen molar-refractivity contribution in [3.63, 3.8) is 0 Å². The van der Waals surface area contributed by atoms with Gasteiger partial charge in [-0.05, 0) is 65.2 Å². The van der Waals surface area contributed by atoms with E-state index in [1.54, 1.807) is 0 Å². The first-order valence-electron chi connectivity index (χ1n) is 9.48. The molecule has 2 saturated carbocycles. The van der Waals surface area contributed by atoms with E-state index in [1.165, 1.54) is 38.5 Å². The van der Waals surface area contributed by atoms with Crippen LogP contribution in [-0.4, -0.2) is 41.8 Å². The highest BCUT2D eigenvalue weighted by Gasteiger charge is 2.31. The van der Waals surface area contributed by atoms with Crippen molar-refractivity contribution in [2.45, 2.75) is 103 Å². The van der Waals surface area contributed by atoms with Crippen LogP contribution in [0.4, 0.5) is 4.79 Å². The van der Waals surface area contributed by atoms with Crippen molar-refractivity contribution in [3.05, 3.63) is 0 Å². The van der Waals surface area contributed by atoms with Crippen molar-refractivity contribution < 1.29 is 9.53 Å². The number of hydrogen-bond donors (Lipinski definition) is 1. The van der Waals surface area contributed by atoms with Gasteiger partial charge in [-0.3, -0.25) is 0 Å². The molecule has 0 radical (unpaired) electrons. The first-order valence-corrected chi connectivity index (χ1v) is 9.48. The van der Waals surface area contributed by atoms with Crippen molar-refractivity contribution >= 4 is 6.09 Å². The Morgan fingerprint density at radius 3 is 2.22 bits per heavy atom. The maximum Gasteiger partial charge on any atom is 0.410 e. The Morgan fingerprint density at radius 1 is 1.04 bits per heavy atom. The van der Waals surface area contributed by atoms with E-state index in [0.717, 1.165) is 18.8 Å². The molecule has 0 heterocycles. The third kappa shape index (κ3) is 5.66. The van der Waals surface area contributed by atoms with E-state index in [0.29, 0.717) is 18.1 Å². The maximum atomic E-state index is 12.2. The highest BCUT2D eigenvalue weighted by Crippen LogP contribution is 2.28. The predicted octanol–water partition coefficient (Wildman–Crippen LogP) is 4.33. The van der Waals surface area contributed by atoms with Gasteiger partial charge in [0.25, 0.3) is 0 Å². The zero-order valence-electron chi connectivity index (χ0n) is 15.7. The Bertz CT molecular complexity index is 383. The van der Waals surface area contributed by atoms with Crippen LogP contribution in [0.3, 0.4) is 0 Å². The SMILES string of the molecule is CC1CCCCC1NC1CCC(N(C)C(=O)OC(C)(C)C)CC1. The molecule has 0 saturated heterocycles. The number of amides is 1. The van der Waals surface area contributed by atoms with Crippen LogP contribution < -0.4 is 5.32 Å². The number of ether oxygens (including phenoxy) is 1. The second-order valence-corrected chi connectivity index (χ2v) is 8.63. The van der Waals surface area contributed by atoms with Gasteiger partial charge in [0.05, 0.1) is 0 Å². The molecule has 2 rings (SSSR count). The van der Waals surface area contributed by atoms with Crippen LogP contribution >= 0.6 is 0 Å². The summed E-state index contributed by atoms with van der Waals surface area (Å²) in [7, 11) is 1.88. The number of carbonyl (C=O) groups is 1. The van der Waals surface area contributed by atoms with Crippen molar-refractivity contribution in [3.8, 4) is 0 Å². The average Bonchev–Trinajstić information content (AvgIpc) is 2.48. The van der Waals surface area contributed by atoms with Crippen LogP contribution in [-0.2, 0) is 4.74 Å². The molecule has 2 atom stereocenters. The highest BCUT2D eigenvalue weighted by molar-refractivity contribution is 5.68. The van der Waals surface area contributed by atoms with Crippen LogP contribution in [0.25, 0.3) is 0 Å². The lowest BCUT2D eigenvalue weighted by Gasteiger charge is -2.39. The normalized spacial score (nSPS) is 32.4. The number of nitrogens with one attached hydrogen (secondary N) is 1. The topological polar surface area (TPSA) is 41.6 Å². The molecular formula is C19H36N2O2. The summed E-state index contributed by atoms with van der Waals surface area (Å²) in [5.74, 6) is 0.811. The summed E-state index contributed by atoms with van der Waals surface area (Å²) in [5, 5.41) is 3.90. The summed E-state index contributed by atoms with van der Waals surface area (Å²) in [5.41, 5.74) is -0.415. The Labute approximate surface area is 142 Å². The molecule has 0 aromatic heterocycles. The van der Waals surface area contributed by atoms with Gasteiger partial charge < -0.3 is 15.0 Å². The molecule has 0 aromatic carbocycles. The van der Waals surface area contributed by atoms with E-state index in [9.17, 15) is 4.79 Å². The molecule has 2 aliphatic carbocycles. The molecule has 1 N–H and O–H groups in total. The van der Waals surface area contributed by atoms with Crippen LogP contribution in [0.2, 0.25) is 0 Å². The molecule has 1 amide bonds. The van der Waals surface area contributed by atoms with E-state index in [2.05, 4.69) is 12.2 Å². The third-order valence-corrected chi connectivity index (χ3v) is 5.49. The summed E-state index contributed by atoms with van der Waals surface area (Å²) < 4.78 is 5.49. The smallest absolute Gasteiger partial charge is 0.410 e. The fourth-order valence-corrected chi connectivity index (χ4v) is 3.98. The fourth-order valence-electron chi connectivity index (χ4n) is 3.98. The first-order chi connectivity index (χ1) is 10.8. The van der Waals surface area contributed by atoms with E-state index in [4.69, 9.17) is 4.74 Å². The lowest BCUT2D eigenvalue weighted by molar-refractivity contribution is 0.0176. The zero-order valence-corrected chi connectivity index (χ0v) is 15.7. The van der Waals surface area contributed by atoms with Gasteiger partial charge in [-0.1, -0.05) is 19.8 Å². The summed E-state index contributed by atoms with van der Waals surface area (Å²) >= 11 is 0. The van der Waals surface area contributed by atoms with Crippen molar-refractivity contribution in [1.82, 2.24) is 10.2 Å². The second-order valence-electron chi connectivity index (χ2n) is 8.63. The van der Waals surface area contributed by atoms with E-state index < -0.39 is 5.60 Å². The molecule has 134 valence electrons. The molecule has 4 heteroatoms. The molecule has 0 aromatic rings. The van der Waals surface area contributed by atoms with Crippen LogP contribution in [0, 0.1) is 5.92 Å².